The Morgan fingerprint density at radius 1 is 1.47 bits per heavy atom. The van der Waals surface area contributed by atoms with Crippen LogP contribution in [0.1, 0.15) is 31.2 Å². The number of hydrogen-bond acceptors (Lipinski definition) is 5. The fourth-order valence-corrected chi connectivity index (χ4v) is 1.36. The van der Waals surface area contributed by atoms with Gasteiger partial charge in [0.15, 0.2) is 0 Å². The zero-order valence-corrected chi connectivity index (χ0v) is 10.3. The summed E-state index contributed by atoms with van der Waals surface area (Å²) in [4.78, 5) is 8.65. The second-order valence-corrected chi connectivity index (χ2v) is 3.62. The molecular weight excluding hydrogens is 216 g/mol. The van der Waals surface area contributed by atoms with Crippen LogP contribution in [0.25, 0.3) is 0 Å². The molecule has 1 rings (SSSR count). The molecule has 0 unspecified atom stereocenters. The lowest BCUT2D eigenvalue weighted by Gasteiger charge is -2.12. The van der Waals surface area contributed by atoms with E-state index in [9.17, 15) is 0 Å². The van der Waals surface area contributed by atoms with Gasteiger partial charge in [-0.15, -0.1) is 12.3 Å². The maximum Gasteiger partial charge on any atom is 0.221 e. The Morgan fingerprint density at radius 2 is 2.24 bits per heavy atom. The van der Waals surface area contributed by atoms with Crippen LogP contribution in [0.3, 0.4) is 0 Å². The van der Waals surface area contributed by atoms with Gasteiger partial charge in [-0.2, -0.15) is 4.98 Å². The second kappa shape index (κ2) is 6.71. The highest BCUT2D eigenvalue weighted by Crippen LogP contribution is 2.21. The zero-order chi connectivity index (χ0) is 12.7. The molecule has 3 N–H and O–H groups in total. The number of rotatable bonds is 6. The summed E-state index contributed by atoms with van der Waals surface area (Å²) < 4.78 is 5.52. The minimum atomic E-state index is 0.448. The summed E-state index contributed by atoms with van der Waals surface area (Å²) in [5.74, 6) is 9.80. The van der Waals surface area contributed by atoms with Gasteiger partial charge >= 0.3 is 0 Å². The molecule has 0 spiro atoms. The van der Waals surface area contributed by atoms with E-state index in [0.29, 0.717) is 24.7 Å². The number of nitrogen functional groups attached to an aromatic ring is 1. The number of nitrogens with zero attached hydrogens (tertiary/aromatic N) is 2. The van der Waals surface area contributed by atoms with Crippen LogP contribution in [0, 0.1) is 19.3 Å². The molecule has 0 aromatic carbocycles. The normalized spacial score (nSPS) is 9.76. The molecule has 0 aliphatic rings. The maximum atomic E-state index is 5.52. The van der Waals surface area contributed by atoms with Crippen molar-refractivity contribution in [3.05, 3.63) is 11.4 Å². The van der Waals surface area contributed by atoms with E-state index in [1.54, 1.807) is 0 Å². The van der Waals surface area contributed by atoms with Crippen LogP contribution in [-0.4, -0.2) is 16.6 Å². The summed E-state index contributed by atoms with van der Waals surface area (Å²) in [6.07, 6.45) is 7.48. The van der Waals surface area contributed by atoms with Crippen molar-refractivity contribution in [2.24, 2.45) is 5.84 Å². The van der Waals surface area contributed by atoms with E-state index in [1.165, 1.54) is 0 Å². The van der Waals surface area contributed by atoms with Gasteiger partial charge in [-0.25, -0.2) is 10.8 Å². The average molecular weight is 234 g/mol. The van der Waals surface area contributed by atoms with Crippen LogP contribution in [0.4, 0.5) is 5.82 Å². The van der Waals surface area contributed by atoms with E-state index >= 15 is 0 Å². The molecule has 1 aromatic rings. The second-order valence-electron chi connectivity index (χ2n) is 3.62. The molecular formula is C12H18N4O. The van der Waals surface area contributed by atoms with Gasteiger partial charge in [0.05, 0.1) is 5.56 Å². The van der Waals surface area contributed by atoms with Gasteiger partial charge in [-0.3, -0.25) is 0 Å². The first kappa shape index (κ1) is 13.3. The van der Waals surface area contributed by atoms with Crippen molar-refractivity contribution in [3.8, 4) is 18.2 Å². The molecule has 92 valence electrons. The molecule has 0 aliphatic carbocycles. The summed E-state index contributed by atoms with van der Waals surface area (Å²) in [5.41, 5.74) is 3.35. The molecule has 0 saturated heterocycles. The van der Waals surface area contributed by atoms with Crippen molar-refractivity contribution >= 4 is 5.82 Å². The number of terminal acetylenes is 1. The number of ether oxygens (including phenoxy) is 1. The molecule has 0 bridgehead atoms. The molecule has 0 aliphatic heterocycles. The Bertz CT molecular complexity index is 412. The van der Waals surface area contributed by atoms with E-state index < -0.39 is 0 Å². The van der Waals surface area contributed by atoms with E-state index in [4.69, 9.17) is 17.0 Å². The molecule has 5 nitrogen and oxygen atoms in total. The topological polar surface area (TPSA) is 73.1 Å². The summed E-state index contributed by atoms with van der Waals surface area (Å²) in [6.45, 7) is 4.37. The van der Waals surface area contributed by atoms with Crippen LogP contribution < -0.4 is 16.0 Å². The van der Waals surface area contributed by atoms with E-state index in [-0.39, 0.29) is 0 Å². The molecule has 17 heavy (non-hydrogen) atoms. The van der Waals surface area contributed by atoms with Gasteiger partial charge in [-0.05, 0) is 13.3 Å². The van der Waals surface area contributed by atoms with Gasteiger partial charge < -0.3 is 10.2 Å². The van der Waals surface area contributed by atoms with E-state index in [1.807, 2.05) is 6.92 Å². The molecule has 0 fully saturated rings. The molecule has 0 saturated carbocycles. The monoisotopic (exact) mass is 234 g/mol. The average Bonchev–Trinajstić information content (AvgIpc) is 2.33. The van der Waals surface area contributed by atoms with Crippen molar-refractivity contribution in [2.45, 2.75) is 33.1 Å². The third kappa shape index (κ3) is 3.61. The lowest BCUT2D eigenvalue weighted by molar-refractivity contribution is 0.310. The fraction of sp³-hybridized carbons (Fsp3) is 0.500. The van der Waals surface area contributed by atoms with Crippen LogP contribution in [0.5, 0.6) is 5.88 Å². The lowest BCUT2D eigenvalue weighted by atomic mass is 10.3. The van der Waals surface area contributed by atoms with Crippen molar-refractivity contribution in [3.63, 3.8) is 0 Å². The lowest BCUT2D eigenvalue weighted by Crippen LogP contribution is -2.14. The zero-order valence-electron chi connectivity index (χ0n) is 10.3. The van der Waals surface area contributed by atoms with Crippen LogP contribution in [0.2, 0.25) is 0 Å². The Kier molecular flexibility index (Phi) is 5.24. The quantitative estimate of drug-likeness (QED) is 0.337. The minimum Gasteiger partial charge on any atom is -0.476 e. The van der Waals surface area contributed by atoms with E-state index in [2.05, 4.69) is 28.2 Å². The molecule has 5 heteroatoms. The molecule has 1 heterocycles. The number of hydrazine groups is 1. The Morgan fingerprint density at radius 3 is 2.82 bits per heavy atom. The van der Waals surface area contributed by atoms with Crippen LogP contribution >= 0.6 is 0 Å². The van der Waals surface area contributed by atoms with Gasteiger partial charge in [0.1, 0.15) is 18.2 Å². The number of nitrogens with two attached hydrogens (primary N) is 1. The summed E-state index contributed by atoms with van der Waals surface area (Å²) in [6, 6.07) is 0. The smallest absolute Gasteiger partial charge is 0.221 e. The Labute approximate surface area is 102 Å². The van der Waals surface area contributed by atoms with E-state index in [0.717, 1.165) is 24.2 Å². The SMILES string of the molecule is C#CCCOc1nc(CCC)nc(NN)c1C. The molecule has 0 atom stereocenters. The van der Waals surface area contributed by atoms with Crippen molar-refractivity contribution < 1.29 is 4.74 Å². The maximum absolute atomic E-state index is 5.52. The largest absolute Gasteiger partial charge is 0.476 e. The first-order chi connectivity index (χ1) is 8.22. The van der Waals surface area contributed by atoms with Crippen molar-refractivity contribution in [1.29, 1.82) is 0 Å². The van der Waals surface area contributed by atoms with Gasteiger partial charge in [0.25, 0.3) is 0 Å². The molecule has 1 aromatic heterocycles. The number of hydrogen-bond donors (Lipinski definition) is 2. The highest BCUT2D eigenvalue weighted by atomic mass is 16.5. The Balaban J connectivity index is 2.92. The van der Waals surface area contributed by atoms with Gasteiger partial charge in [-0.1, -0.05) is 6.92 Å². The fourth-order valence-electron chi connectivity index (χ4n) is 1.36. The third-order valence-corrected chi connectivity index (χ3v) is 2.24. The molecule has 0 amide bonds. The predicted octanol–water partition coefficient (Wildman–Crippen LogP) is 1.43. The summed E-state index contributed by atoms with van der Waals surface area (Å²) >= 11 is 0. The van der Waals surface area contributed by atoms with Gasteiger partial charge in [0, 0.05) is 12.8 Å². The number of aromatic nitrogens is 2. The number of aryl methyl sites for hydroxylation is 1. The summed E-state index contributed by atoms with van der Waals surface area (Å²) in [7, 11) is 0. The van der Waals surface area contributed by atoms with Crippen molar-refractivity contribution in [2.75, 3.05) is 12.0 Å². The molecule has 0 radical (unpaired) electrons. The first-order valence-corrected chi connectivity index (χ1v) is 5.63. The standard InChI is InChI=1S/C12H18N4O/c1-4-6-8-17-12-9(3)11(16-13)14-10(15-12)7-5-2/h1H,5-8,13H2,2-3H3,(H,14,15,16). The first-order valence-electron chi connectivity index (χ1n) is 5.63. The van der Waals surface area contributed by atoms with Crippen LogP contribution in [0.15, 0.2) is 0 Å². The third-order valence-electron chi connectivity index (χ3n) is 2.24. The highest BCUT2D eigenvalue weighted by molar-refractivity contribution is 5.47. The van der Waals surface area contributed by atoms with Gasteiger partial charge in [0.2, 0.25) is 5.88 Å². The predicted molar refractivity (Wildman–Crippen MR) is 67.5 cm³/mol. The minimum absolute atomic E-state index is 0.448. The Hall–Kier alpha value is -1.80. The summed E-state index contributed by atoms with van der Waals surface area (Å²) in [5, 5.41) is 0. The van der Waals surface area contributed by atoms with Crippen molar-refractivity contribution in [1.82, 2.24) is 9.97 Å². The van der Waals surface area contributed by atoms with Crippen LogP contribution in [-0.2, 0) is 6.42 Å². The highest BCUT2D eigenvalue weighted by Gasteiger charge is 2.10. The number of anilines is 1. The number of nitrogens with one attached hydrogen (secondary N) is 1.